The Morgan fingerprint density at radius 3 is 2.94 bits per heavy atom. The Morgan fingerprint density at radius 1 is 1.56 bits per heavy atom. The molecule has 0 fully saturated rings. The van der Waals surface area contributed by atoms with Crippen molar-refractivity contribution < 1.29 is 9.45 Å². The first-order valence-corrected chi connectivity index (χ1v) is 5.82. The highest BCUT2D eigenvalue weighted by atomic mass is 79.9. The molecule has 1 aromatic heterocycles. The van der Waals surface area contributed by atoms with E-state index in [4.69, 9.17) is 4.52 Å². The van der Waals surface area contributed by atoms with E-state index in [1.165, 1.54) is 6.07 Å². The van der Waals surface area contributed by atoms with E-state index in [2.05, 4.69) is 31.4 Å². The molecule has 0 aliphatic heterocycles. The number of halogens is 1. The van der Waals surface area contributed by atoms with E-state index in [1.54, 1.807) is 19.1 Å². The van der Waals surface area contributed by atoms with Crippen LogP contribution in [-0.4, -0.2) is 15.1 Å². The van der Waals surface area contributed by atoms with Gasteiger partial charge in [0.05, 0.1) is 11.5 Å². The van der Waals surface area contributed by atoms with Crippen LogP contribution in [0.4, 0.5) is 11.4 Å². The molecular weight excluding hydrogens is 304 g/mol. The van der Waals surface area contributed by atoms with E-state index in [0.717, 1.165) is 4.47 Å². The van der Waals surface area contributed by atoms with Gasteiger partial charge in [-0.15, -0.1) is 0 Å². The van der Waals surface area contributed by atoms with Crippen LogP contribution < -0.4 is 5.32 Å². The average molecular weight is 313 g/mol. The molecule has 0 saturated heterocycles. The van der Waals surface area contributed by atoms with Crippen molar-refractivity contribution in [3.63, 3.8) is 0 Å². The molecule has 0 unspecified atom stereocenters. The van der Waals surface area contributed by atoms with E-state index in [0.29, 0.717) is 17.4 Å². The fraction of sp³-hybridized carbons (Fsp3) is 0.200. The van der Waals surface area contributed by atoms with Crippen molar-refractivity contribution in [1.82, 2.24) is 10.1 Å². The third-order valence-electron chi connectivity index (χ3n) is 2.16. The molecule has 0 bridgehead atoms. The number of aromatic nitrogens is 2. The largest absolute Gasteiger partial charge is 0.372 e. The van der Waals surface area contributed by atoms with Gasteiger partial charge in [-0.05, 0) is 12.1 Å². The van der Waals surface area contributed by atoms with Gasteiger partial charge in [-0.2, -0.15) is 4.98 Å². The highest BCUT2D eigenvalue weighted by molar-refractivity contribution is 9.10. The SMILES string of the molecule is Cc1nc(CNc2cc(Br)ccc2[N+](=O)[O-])no1. The molecule has 1 aromatic carbocycles. The van der Waals surface area contributed by atoms with Gasteiger partial charge in [-0.3, -0.25) is 10.1 Å². The Kier molecular flexibility index (Phi) is 3.56. The lowest BCUT2D eigenvalue weighted by Crippen LogP contribution is -2.04. The maximum Gasteiger partial charge on any atom is 0.292 e. The first kappa shape index (κ1) is 12.5. The molecule has 8 heteroatoms. The minimum Gasteiger partial charge on any atom is -0.372 e. The molecule has 0 spiro atoms. The van der Waals surface area contributed by atoms with Gasteiger partial charge in [-0.1, -0.05) is 21.1 Å². The topological polar surface area (TPSA) is 94.1 Å². The highest BCUT2D eigenvalue weighted by Crippen LogP contribution is 2.28. The Morgan fingerprint density at radius 2 is 2.33 bits per heavy atom. The smallest absolute Gasteiger partial charge is 0.292 e. The van der Waals surface area contributed by atoms with Gasteiger partial charge < -0.3 is 9.84 Å². The van der Waals surface area contributed by atoms with Crippen LogP contribution in [0, 0.1) is 17.0 Å². The van der Waals surface area contributed by atoms with Crippen LogP contribution in [0.2, 0.25) is 0 Å². The fourth-order valence-corrected chi connectivity index (χ4v) is 1.76. The van der Waals surface area contributed by atoms with Crippen molar-refractivity contribution in [3.8, 4) is 0 Å². The van der Waals surface area contributed by atoms with Gasteiger partial charge >= 0.3 is 0 Å². The summed E-state index contributed by atoms with van der Waals surface area (Å²) in [6, 6.07) is 4.67. The van der Waals surface area contributed by atoms with E-state index < -0.39 is 4.92 Å². The summed E-state index contributed by atoms with van der Waals surface area (Å²) < 4.78 is 5.56. The molecule has 0 saturated carbocycles. The quantitative estimate of drug-likeness (QED) is 0.689. The summed E-state index contributed by atoms with van der Waals surface area (Å²) in [5.74, 6) is 0.900. The van der Waals surface area contributed by atoms with Gasteiger partial charge in [0.1, 0.15) is 5.69 Å². The highest BCUT2D eigenvalue weighted by Gasteiger charge is 2.14. The molecule has 0 aliphatic carbocycles. The van der Waals surface area contributed by atoms with Crippen molar-refractivity contribution in [3.05, 3.63) is 44.5 Å². The summed E-state index contributed by atoms with van der Waals surface area (Å²) in [7, 11) is 0. The third-order valence-corrected chi connectivity index (χ3v) is 2.66. The molecule has 0 amide bonds. The molecule has 0 radical (unpaired) electrons. The number of rotatable bonds is 4. The molecular formula is C10H9BrN4O3. The van der Waals surface area contributed by atoms with Gasteiger partial charge in [0.15, 0.2) is 5.82 Å². The van der Waals surface area contributed by atoms with Crippen LogP contribution in [0.1, 0.15) is 11.7 Å². The standard InChI is InChI=1S/C10H9BrN4O3/c1-6-13-10(14-18-6)5-12-8-4-7(11)2-3-9(8)15(16)17/h2-4,12H,5H2,1H3. The summed E-state index contributed by atoms with van der Waals surface area (Å²) in [6.07, 6.45) is 0. The maximum absolute atomic E-state index is 10.8. The lowest BCUT2D eigenvalue weighted by Gasteiger charge is -2.05. The van der Waals surface area contributed by atoms with Gasteiger partial charge in [0, 0.05) is 17.5 Å². The molecule has 1 heterocycles. The second kappa shape index (κ2) is 5.13. The normalized spacial score (nSPS) is 10.3. The zero-order valence-corrected chi connectivity index (χ0v) is 11.0. The average Bonchev–Trinajstić information content (AvgIpc) is 2.72. The van der Waals surface area contributed by atoms with E-state index in [9.17, 15) is 10.1 Å². The molecule has 2 rings (SSSR count). The minimum atomic E-state index is -0.448. The van der Waals surface area contributed by atoms with E-state index >= 15 is 0 Å². The summed E-state index contributed by atoms with van der Waals surface area (Å²) in [5, 5.41) is 17.5. The maximum atomic E-state index is 10.8. The first-order chi connectivity index (χ1) is 8.56. The number of nitrogens with zero attached hydrogens (tertiary/aromatic N) is 3. The van der Waals surface area contributed by atoms with Crippen molar-refractivity contribution in [2.75, 3.05) is 5.32 Å². The lowest BCUT2D eigenvalue weighted by atomic mass is 10.2. The predicted molar refractivity (Wildman–Crippen MR) is 67.2 cm³/mol. The lowest BCUT2D eigenvalue weighted by molar-refractivity contribution is -0.384. The van der Waals surface area contributed by atoms with Crippen LogP contribution in [0.5, 0.6) is 0 Å². The van der Waals surface area contributed by atoms with Crippen molar-refractivity contribution >= 4 is 27.3 Å². The van der Waals surface area contributed by atoms with Crippen LogP contribution in [-0.2, 0) is 6.54 Å². The Hall–Kier alpha value is -1.96. The molecule has 0 atom stereocenters. The van der Waals surface area contributed by atoms with Gasteiger partial charge in [-0.25, -0.2) is 0 Å². The van der Waals surface area contributed by atoms with Gasteiger partial charge in [0.2, 0.25) is 5.89 Å². The fourth-order valence-electron chi connectivity index (χ4n) is 1.40. The number of benzene rings is 1. The summed E-state index contributed by atoms with van der Waals surface area (Å²) >= 11 is 3.26. The Balaban J connectivity index is 2.17. The molecule has 0 aliphatic rings. The third kappa shape index (κ3) is 2.83. The second-order valence-electron chi connectivity index (χ2n) is 3.50. The number of aryl methyl sites for hydroxylation is 1. The predicted octanol–water partition coefficient (Wildman–Crippen LogP) is 2.66. The van der Waals surface area contributed by atoms with Crippen molar-refractivity contribution in [2.24, 2.45) is 0 Å². The number of hydrogen-bond donors (Lipinski definition) is 1. The number of nitro groups is 1. The summed E-state index contributed by atoms with van der Waals surface area (Å²) in [4.78, 5) is 14.4. The van der Waals surface area contributed by atoms with E-state index in [-0.39, 0.29) is 12.2 Å². The Bertz CT molecular complexity index is 584. The summed E-state index contributed by atoms with van der Waals surface area (Å²) in [6.45, 7) is 1.94. The van der Waals surface area contributed by atoms with E-state index in [1.807, 2.05) is 0 Å². The molecule has 1 N–H and O–H groups in total. The summed E-state index contributed by atoms with van der Waals surface area (Å²) in [5.41, 5.74) is 0.398. The molecule has 2 aromatic rings. The van der Waals surface area contributed by atoms with Crippen molar-refractivity contribution in [1.29, 1.82) is 0 Å². The van der Waals surface area contributed by atoms with Gasteiger partial charge in [0.25, 0.3) is 5.69 Å². The number of hydrogen-bond acceptors (Lipinski definition) is 6. The Labute approximate surface area is 110 Å². The monoisotopic (exact) mass is 312 g/mol. The zero-order valence-electron chi connectivity index (χ0n) is 9.38. The van der Waals surface area contributed by atoms with Crippen LogP contribution >= 0.6 is 15.9 Å². The zero-order chi connectivity index (χ0) is 13.1. The second-order valence-corrected chi connectivity index (χ2v) is 4.42. The molecule has 7 nitrogen and oxygen atoms in total. The number of nitro benzene ring substituents is 1. The van der Waals surface area contributed by atoms with Crippen molar-refractivity contribution in [2.45, 2.75) is 13.5 Å². The number of nitrogens with one attached hydrogen (secondary N) is 1. The molecule has 94 valence electrons. The van der Waals surface area contributed by atoms with Crippen LogP contribution in [0.15, 0.2) is 27.2 Å². The van der Waals surface area contributed by atoms with Crippen LogP contribution in [0.3, 0.4) is 0 Å². The molecule has 18 heavy (non-hydrogen) atoms. The minimum absolute atomic E-state index is 0.00147. The first-order valence-electron chi connectivity index (χ1n) is 5.03. The van der Waals surface area contributed by atoms with Crippen LogP contribution in [0.25, 0.3) is 0 Å². The number of anilines is 1.